The molecular formula is C22H26N2. The maximum Gasteiger partial charge on any atom is 0.0627 e. The number of hydrogen-bond donors (Lipinski definition) is 1. The van der Waals surface area contributed by atoms with Gasteiger partial charge in [-0.3, -0.25) is 0 Å². The summed E-state index contributed by atoms with van der Waals surface area (Å²) in [4.78, 5) is 0. The number of nitrogens with zero attached hydrogens (tertiary/aromatic N) is 1. The Hall–Kier alpha value is -2.11. The van der Waals surface area contributed by atoms with Gasteiger partial charge in [0, 0.05) is 19.0 Å². The smallest absolute Gasteiger partial charge is 0.0627 e. The molecule has 0 atom stereocenters. The van der Waals surface area contributed by atoms with Crippen LogP contribution in [0.3, 0.4) is 0 Å². The van der Waals surface area contributed by atoms with Crippen LogP contribution >= 0.6 is 0 Å². The zero-order chi connectivity index (χ0) is 16.8. The molecule has 0 aromatic heterocycles. The van der Waals surface area contributed by atoms with Crippen molar-refractivity contribution in [2.75, 3.05) is 0 Å². The average Bonchev–Trinajstić information content (AvgIpc) is 2.63. The summed E-state index contributed by atoms with van der Waals surface area (Å²) in [6.45, 7) is 3.18. The van der Waals surface area contributed by atoms with E-state index >= 15 is 0 Å². The molecule has 24 heavy (non-hydrogen) atoms. The van der Waals surface area contributed by atoms with Crippen LogP contribution in [0, 0.1) is 16.7 Å². The van der Waals surface area contributed by atoms with Gasteiger partial charge < -0.3 is 5.32 Å². The Morgan fingerprint density at radius 2 is 1.62 bits per heavy atom. The Morgan fingerprint density at radius 1 is 1.00 bits per heavy atom. The van der Waals surface area contributed by atoms with Crippen molar-refractivity contribution >= 4 is 0 Å². The van der Waals surface area contributed by atoms with E-state index in [2.05, 4.69) is 66.8 Å². The van der Waals surface area contributed by atoms with Crippen LogP contribution in [-0.2, 0) is 6.54 Å². The first-order valence-electron chi connectivity index (χ1n) is 8.93. The summed E-state index contributed by atoms with van der Waals surface area (Å²) in [5.74, 6) is 0. The van der Waals surface area contributed by atoms with Crippen molar-refractivity contribution in [3.63, 3.8) is 0 Å². The van der Waals surface area contributed by atoms with Gasteiger partial charge in [-0.25, -0.2) is 0 Å². The fraction of sp³-hybridized carbons (Fsp3) is 0.409. The third-order valence-corrected chi connectivity index (χ3v) is 5.35. The summed E-state index contributed by atoms with van der Waals surface area (Å²) in [7, 11) is 0. The fourth-order valence-electron chi connectivity index (χ4n) is 3.59. The highest BCUT2D eigenvalue weighted by Gasteiger charge is 2.30. The van der Waals surface area contributed by atoms with Crippen molar-refractivity contribution in [3.8, 4) is 17.2 Å². The van der Waals surface area contributed by atoms with Crippen molar-refractivity contribution < 1.29 is 0 Å². The molecule has 1 fully saturated rings. The topological polar surface area (TPSA) is 35.8 Å². The third-order valence-electron chi connectivity index (χ3n) is 5.35. The highest BCUT2D eigenvalue weighted by molar-refractivity contribution is 5.63. The molecule has 2 heteroatoms. The predicted octanol–water partition coefficient (Wildman–Crippen LogP) is 5.31. The number of rotatable bonds is 5. The van der Waals surface area contributed by atoms with Crippen molar-refractivity contribution in [2.24, 2.45) is 5.41 Å². The van der Waals surface area contributed by atoms with Gasteiger partial charge >= 0.3 is 0 Å². The predicted molar refractivity (Wildman–Crippen MR) is 99.3 cm³/mol. The lowest BCUT2D eigenvalue weighted by molar-refractivity contribution is 0.188. The van der Waals surface area contributed by atoms with Gasteiger partial charge in [-0.1, -0.05) is 61.5 Å². The summed E-state index contributed by atoms with van der Waals surface area (Å²) in [5.41, 5.74) is 4.11. The summed E-state index contributed by atoms with van der Waals surface area (Å²) >= 11 is 0. The third kappa shape index (κ3) is 4.24. The molecule has 0 bridgehead atoms. The van der Waals surface area contributed by atoms with Crippen LogP contribution in [0.15, 0.2) is 54.6 Å². The number of hydrogen-bond acceptors (Lipinski definition) is 2. The molecule has 2 aromatic rings. The summed E-state index contributed by atoms with van der Waals surface area (Å²) < 4.78 is 0. The first-order valence-corrected chi connectivity index (χ1v) is 8.93. The molecule has 0 aliphatic heterocycles. The van der Waals surface area contributed by atoms with E-state index in [-0.39, 0.29) is 5.41 Å². The van der Waals surface area contributed by atoms with Gasteiger partial charge in [-0.05, 0) is 47.8 Å². The Kier molecular flexibility index (Phi) is 5.33. The molecule has 0 spiro atoms. The molecule has 1 N–H and O–H groups in total. The lowest BCUT2D eigenvalue weighted by Gasteiger charge is -2.36. The van der Waals surface area contributed by atoms with E-state index in [1.165, 1.54) is 29.5 Å². The van der Waals surface area contributed by atoms with E-state index in [1.807, 2.05) is 6.07 Å². The fourth-order valence-corrected chi connectivity index (χ4v) is 3.59. The summed E-state index contributed by atoms with van der Waals surface area (Å²) in [6, 6.07) is 22.3. The van der Waals surface area contributed by atoms with E-state index in [1.54, 1.807) is 0 Å². The molecule has 124 valence electrons. The maximum atomic E-state index is 8.94. The summed E-state index contributed by atoms with van der Waals surface area (Å²) in [5, 5.41) is 12.6. The Labute approximate surface area is 145 Å². The van der Waals surface area contributed by atoms with Gasteiger partial charge in [0.1, 0.15) is 0 Å². The van der Waals surface area contributed by atoms with E-state index in [0.29, 0.717) is 12.5 Å². The van der Waals surface area contributed by atoms with E-state index < -0.39 is 0 Å². The van der Waals surface area contributed by atoms with Crippen LogP contribution in [-0.4, -0.2) is 6.04 Å². The zero-order valence-corrected chi connectivity index (χ0v) is 14.5. The van der Waals surface area contributed by atoms with E-state index in [4.69, 9.17) is 5.26 Å². The van der Waals surface area contributed by atoms with Crippen LogP contribution in [0.5, 0.6) is 0 Å². The number of nitriles is 1. The van der Waals surface area contributed by atoms with Gasteiger partial charge in [0.2, 0.25) is 0 Å². The highest BCUT2D eigenvalue weighted by Crippen LogP contribution is 2.38. The lowest BCUT2D eigenvalue weighted by atomic mass is 9.72. The van der Waals surface area contributed by atoms with Crippen LogP contribution < -0.4 is 5.32 Å². The molecule has 0 radical (unpaired) electrons. The van der Waals surface area contributed by atoms with Gasteiger partial charge in [0.25, 0.3) is 0 Å². The molecule has 2 aromatic carbocycles. The van der Waals surface area contributed by atoms with Crippen LogP contribution in [0.1, 0.15) is 44.6 Å². The molecule has 0 amide bonds. The van der Waals surface area contributed by atoms with Crippen molar-refractivity contribution in [1.29, 1.82) is 5.26 Å². The second-order valence-corrected chi connectivity index (χ2v) is 7.36. The minimum absolute atomic E-state index is 0.240. The van der Waals surface area contributed by atoms with Gasteiger partial charge in [-0.15, -0.1) is 0 Å². The molecular weight excluding hydrogens is 292 g/mol. The minimum Gasteiger partial charge on any atom is -0.310 e. The molecule has 1 aliphatic rings. The number of benzene rings is 2. The Balaban J connectivity index is 1.50. The molecule has 1 saturated carbocycles. The first-order chi connectivity index (χ1) is 11.7. The van der Waals surface area contributed by atoms with Crippen LogP contribution in [0.2, 0.25) is 0 Å². The quantitative estimate of drug-likeness (QED) is 0.811. The number of nitrogens with one attached hydrogen (secondary N) is 1. The second kappa shape index (κ2) is 7.64. The zero-order valence-electron chi connectivity index (χ0n) is 14.5. The molecule has 1 aliphatic carbocycles. The summed E-state index contributed by atoms with van der Waals surface area (Å²) in [6.07, 6.45) is 5.37. The molecule has 0 saturated heterocycles. The molecule has 0 heterocycles. The normalized spacial score (nSPS) is 23.6. The van der Waals surface area contributed by atoms with Gasteiger partial charge in [-0.2, -0.15) is 5.26 Å². The second-order valence-electron chi connectivity index (χ2n) is 7.36. The Morgan fingerprint density at radius 3 is 2.25 bits per heavy atom. The standard InChI is InChI=1S/C22H26N2/c1-22(15-16-23)13-11-21(12-14-22)24-17-18-7-9-20(10-8-18)19-5-3-2-4-6-19/h2-10,21,24H,11-15,17H2,1H3. The van der Waals surface area contributed by atoms with Gasteiger partial charge in [0.15, 0.2) is 0 Å². The van der Waals surface area contributed by atoms with Crippen LogP contribution in [0.4, 0.5) is 0 Å². The largest absolute Gasteiger partial charge is 0.310 e. The van der Waals surface area contributed by atoms with Crippen LogP contribution in [0.25, 0.3) is 11.1 Å². The van der Waals surface area contributed by atoms with Crippen molar-refractivity contribution in [3.05, 3.63) is 60.2 Å². The van der Waals surface area contributed by atoms with Crippen molar-refractivity contribution in [2.45, 2.75) is 51.6 Å². The van der Waals surface area contributed by atoms with Crippen molar-refractivity contribution in [1.82, 2.24) is 5.32 Å². The maximum absolute atomic E-state index is 8.94. The lowest BCUT2D eigenvalue weighted by Crippen LogP contribution is -2.36. The molecule has 3 rings (SSSR count). The minimum atomic E-state index is 0.240. The first kappa shape index (κ1) is 16.7. The van der Waals surface area contributed by atoms with E-state index in [0.717, 1.165) is 19.4 Å². The molecule has 2 nitrogen and oxygen atoms in total. The highest BCUT2D eigenvalue weighted by atomic mass is 14.9. The monoisotopic (exact) mass is 318 g/mol. The molecule has 0 unspecified atom stereocenters. The van der Waals surface area contributed by atoms with E-state index in [9.17, 15) is 0 Å². The Bertz CT molecular complexity index is 674. The van der Waals surface area contributed by atoms with Gasteiger partial charge in [0.05, 0.1) is 6.07 Å². The SMILES string of the molecule is CC1(CC#N)CCC(NCc2ccc(-c3ccccc3)cc2)CC1. The average molecular weight is 318 g/mol.